The van der Waals surface area contributed by atoms with Crippen LogP contribution in [-0.4, -0.2) is 12.9 Å². The van der Waals surface area contributed by atoms with E-state index >= 15 is 0 Å². The Labute approximate surface area is 127 Å². The topological polar surface area (TPSA) is 12.0 Å². The highest BCUT2D eigenvalue weighted by atomic mass is 35.7. The van der Waals surface area contributed by atoms with Crippen LogP contribution in [0.5, 0.6) is 0 Å². The molecule has 1 atom stereocenters. The summed E-state index contributed by atoms with van der Waals surface area (Å²) in [6.07, 6.45) is 8.67. The highest BCUT2D eigenvalue weighted by Crippen LogP contribution is 2.55. The van der Waals surface area contributed by atoms with Gasteiger partial charge in [0, 0.05) is 11.1 Å². The summed E-state index contributed by atoms with van der Waals surface area (Å²) >= 11 is 13.7. The molecule has 0 saturated heterocycles. The predicted molar refractivity (Wildman–Crippen MR) is 88.0 cm³/mol. The quantitative estimate of drug-likeness (QED) is 0.544. The number of halogens is 2. The van der Waals surface area contributed by atoms with Gasteiger partial charge in [-0.25, -0.2) is 0 Å². The van der Waals surface area contributed by atoms with Crippen molar-refractivity contribution in [2.24, 2.45) is 0 Å². The Hall–Kier alpha value is 0.237. The highest BCUT2D eigenvalue weighted by molar-refractivity contribution is 7.45. The van der Waals surface area contributed by atoms with E-state index in [0.29, 0.717) is 6.04 Å². The summed E-state index contributed by atoms with van der Waals surface area (Å²) in [5, 5.41) is -0.179. The lowest BCUT2D eigenvalue weighted by Gasteiger charge is -2.39. The summed E-state index contributed by atoms with van der Waals surface area (Å²) in [5.74, 6) is 0. The molecule has 2 aliphatic rings. The smallest absolute Gasteiger partial charge is 0.310 e. The Morgan fingerprint density at radius 3 is 2.21 bits per heavy atom. The second-order valence-electron chi connectivity index (χ2n) is 6.33. The summed E-state index contributed by atoms with van der Waals surface area (Å²) < 4.78 is 0. The van der Waals surface area contributed by atoms with Gasteiger partial charge in [0.05, 0.1) is 0 Å². The van der Waals surface area contributed by atoms with Crippen molar-refractivity contribution in [2.45, 2.75) is 70.9 Å². The molecule has 1 saturated carbocycles. The first-order chi connectivity index (χ1) is 8.78. The second-order valence-corrected chi connectivity index (χ2v) is 12.8. The first-order valence-corrected chi connectivity index (χ1v) is 11.3. The van der Waals surface area contributed by atoms with Gasteiger partial charge in [0.1, 0.15) is 0 Å². The summed E-state index contributed by atoms with van der Waals surface area (Å²) in [6, 6.07) is 0.509. The molecule has 0 aromatic carbocycles. The summed E-state index contributed by atoms with van der Waals surface area (Å²) in [4.78, 5) is 3.64. The van der Waals surface area contributed by atoms with Crippen LogP contribution in [0, 0.1) is 0 Å². The Morgan fingerprint density at radius 2 is 1.74 bits per heavy atom. The van der Waals surface area contributed by atoms with Crippen LogP contribution in [0.15, 0.2) is 22.8 Å². The van der Waals surface area contributed by atoms with Gasteiger partial charge in [-0.15, -0.1) is 22.2 Å². The predicted octanol–water partition coefficient (Wildman–Crippen LogP) is 5.38. The normalized spacial score (nSPS) is 29.9. The first-order valence-electron chi connectivity index (χ1n) is 7.31. The molecule has 2 rings (SSSR count). The van der Waals surface area contributed by atoms with Crippen LogP contribution in [0.1, 0.15) is 59.8 Å². The van der Waals surface area contributed by atoms with E-state index in [1.54, 1.807) is 0 Å². The van der Waals surface area contributed by atoms with Crippen molar-refractivity contribution >= 4 is 29.0 Å². The minimum absolute atomic E-state index is 0.179. The molecule has 0 amide bonds. The van der Waals surface area contributed by atoms with E-state index in [0.717, 1.165) is 0 Å². The molecule has 108 valence electrons. The van der Waals surface area contributed by atoms with Crippen molar-refractivity contribution in [3.63, 3.8) is 0 Å². The molecule has 19 heavy (non-hydrogen) atoms. The number of rotatable bonds is 3. The molecule has 2 aliphatic carbocycles. The minimum Gasteiger partial charge on any atom is -0.310 e. The Kier molecular flexibility index (Phi) is 4.57. The van der Waals surface area contributed by atoms with Gasteiger partial charge in [0.25, 0.3) is 0 Å². The third-order valence-electron chi connectivity index (χ3n) is 5.08. The van der Waals surface area contributed by atoms with Crippen LogP contribution in [0.4, 0.5) is 0 Å². The fourth-order valence-corrected chi connectivity index (χ4v) is 7.58. The monoisotopic (exact) mass is 317 g/mol. The van der Waals surface area contributed by atoms with E-state index in [1.807, 2.05) is 0 Å². The Morgan fingerprint density at radius 1 is 1.16 bits per heavy atom. The van der Waals surface area contributed by atoms with E-state index in [2.05, 4.69) is 38.8 Å². The van der Waals surface area contributed by atoms with Gasteiger partial charge in [-0.2, -0.15) is 0 Å². The Balaban J connectivity index is 2.19. The third kappa shape index (κ3) is 2.83. The van der Waals surface area contributed by atoms with Crippen LogP contribution >= 0.6 is 22.2 Å². The van der Waals surface area contributed by atoms with Crippen molar-refractivity contribution < 1.29 is 0 Å². The number of hydrogen-bond donors (Lipinski definition) is 1. The van der Waals surface area contributed by atoms with Crippen LogP contribution in [0.3, 0.4) is 0 Å². The van der Waals surface area contributed by atoms with Gasteiger partial charge >= 0.3 is 6.86 Å². The van der Waals surface area contributed by atoms with Gasteiger partial charge < -0.3 is 4.98 Å². The van der Waals surface area contributed by atoms with Gasteiger partial charge in [-0.3, -0.25) is 0 Å². The van der Waals surface area contributed by atoms with Crippen molar-refractivity contribution in [3.05, 3.63) is 22.8 Å². The summed E-state index contributed by atoms with van der Waals surface area (Å²) in [7, 11) is 0. The van der Waals surface area contributed by atoms with Crippen LogP contribution < -0.4 is 4.98 Å². The number of nitrogens with one attached hydrogen (secondary N) is 1. The van der Waals surface area contributed by atoms with Crippen LogP contribution in [-0.2, 0) is 0 Å². The molecule has 0 aromatic rings. The molecule has 0 heterocycles. The largest absolute Gasteiger partial charge is 0.335 e. The van der Waals surface area contributed by atoms with Crippen molar-refractivity contribution in [1.82, 2.24) is 4.98 Å². The lowest BCUT2D eigenvalue weighted by molar-refractivity contribution is 0.414. The lowest BCUT2D eigenvalue weighted by Crippen LogP contribution is -2.54. The van der Waals surface area contributed by atoms with Crippen LogP contribution in [0.25, 0.3) is 0 Å². The average molecular weight is 318 g/mol. The SMILES string of the molecule is CC1=CC(C)([Si](Cl)(Cl)NC2CCCCC2)C(C)=C1C. The number of allylic oxidation sites excluding steroid dienone is 4. The molecule has 0 radical (unpaired) electrons. The molecule has 0 aliphatic heterocycles. The highest BCUT2D eigenvalue weighted by Gasteiger charge is 2.52. The molecule has 1 nitrogen and oxygen atoms in total. The molecule has 1 fully saturated rings. The van der Waals surface area contributed by atoms with Crippen molar-refractivity contribution in [3.8, 4) is 0 Å². The molecule has 1 unspecified atom stereocenters. The fourth-order valence-electron chi connectivity index (χ4n) is 3.31. The van der Waals surface area contributed by atoms with E-state index in [-0.39, 0.29) is 5.04 Å². The minimum atomic E-state index is -2.57. The molecule has 4 heteroatoms. The molecular weight excluding hydrogens is 293 g/mol. The maximum absolute atomic E-state index is 6.86. The lowest BCUT2D eigenvalue weighted by atomic mass is 9.96. The average Bonchev–Trinajstić information content (AvgIpc) is 2.55. The molecule has 1 N–H and O–H groups in total. The Bertz CT molecular complexity index is 422. The van der Waals surface area contributed by atoms with Crippen molar-refractivity contribution in [2.75, 3.05) is 0 Å². The standard InChI is InChI=1S/C15H25Cl2NSi/c1-11-10-15(4,13(3)12(11)2)19(16,17)18-14-8-6-5-7-9-14/h10,14,18H,5-9H2,1-4H3. The van der Waals surface area contributed by atoms with E-state index < -0.39 is 6.86 Å². The third-order valence-corrected chi connectivity index (χ3v) is 10.7. The van der Waals surface area contributed by atoms with Gasteiger partial charge in [0.15, 0.2) is 0 Å². The molecule has 0 aromatic heterocycles. The molecule has 0 spiro atoms. The van der Waals surface area contributed by atoms with E-state index in [9.17, 15) is 0 Å². The number of hydrogen-bond acceptors (Lipinski definition) is 1. The second kappa shape index (κ2) is 5.55. The first kappa shape index (κ1) is 15.6. The molecule has 0 bridgehead atoms. The fraction of sp³-hybridized carbons (Fsp3) is 0.733. The van der Waals surface area contributed by atoms with Crippen molar-refractivity contribution in [1.29, 1.82) is 0 Å². The maximum atomic E-state index is 6.86. The van der Waals surface area contributed by atoms with Gasteiger partial charge in [-0.1, -0.05) is 43.4 Å². The van der Waals surface area contributed by atoms with Crippen LogP contribution in [0.2, 0.25) is 5.04 Å². The van der Waals surface area contributed by atoms with Gasteiger partial charge in [-0.05, 0) is 39.2 Å². The zero-order valence-electron chi connectivity index (χ0n) is 12.4. The van der Waals surface area contributed by atoms with E-state index in [1.165, 1.54) is 48.8 Å². The summed E-state index contributed by atoms with van der Waals surface area (Å²) in [5.41, 5.74) is 4.01. The zero-order chi connectivity index (χ0) is 14.3. The maximum Gasteiger partial charge on any atom is 0.335 e. The zero-order valence-corrected chi connectivity index (χ0v) is 15.0. The molecular formula is C15H25Cl2NSi. The summed E-state index contributed by atoms with van der Waals surface area (Å²) in [6.45, 7) is 6.14. The van der Waals surface area contributed by atoms with Gasteiger partial charge in [0.2, 0.25) is 0 Å². The van der Waals surface area contributed by atoms with E-state index in [4.69, 9.17) is 22.2 Å².